The van der Waals surface area contributed by atoms with Gasteiger partial charge < -0.3 is 0 Å². The number of carbonyl (C=O) groups is 2. The Hall–Kier alpha value is -5.06. The van der Waals surface area contributed by atoms with Crippen molar-refractivity contribution in [1.82, 2.24) is 0 Å². The van der Waals surface area contributed by atoms with Crippen molar-refractivity contribution in [2.45, 2.75) is 37.5 Å². The minimum absolute atomic E-state index is 0.0337. The van der Waals surface area contributed by atoms with Crippen LogP contribution in [0.1, 0.15) is 43.0 Å². The van der Waals surface area contributed by atoms with Gasteiger partial charge in [-0.25, -0.2) is 16.8 Å². The predicted molar refractivity (Wildman–Crippen MR) is 179 cm³/mol. The van der Waals surface area contributed by atoms with E-state index in [0.717, 1.165) is 11.1 Å². The normalized spacial score (nSPS) is 11.6. The van der Waals surface area contributed by atoms with Gasteiger partial charge in [-0.2, -0.15) is 8.61 Å². The highest BCUT2D eigenvalue weighted by atomic mass is 32.2. The minimum atomic E-state index is -4.44. The van der Waals surface area contributed by atoms with Gasteiger partial charge in [-0.05, 0) is 99.5 Å². The van der Waals surface area contributed by atoms with Crippen LogP contribution in [0, 0.1) is 27.7 Å². The lowest BCUT2D eigenvalue weighted by molar-refractivity contribution is 0.0996. The third-order valence-electron chi connectivity index (χ3n) is 7.43. The Morgan fingerprint density at radius 2 is 0.783 bits per heavy atom. The summed E-state index contributed by atoms with van der Waals surface area (Å²) < 4.78 is 58.0. The maximum absolute atomic E-state index is 14.1. The number of amides is 2. The Balaban J connectivity index is 1.67. The zero-order chi connectivity index (χ0) is 33.2. The van der Waals surface area contributed by atoms with E-state index >= 15 is 0 Å². The Bertz CT molecular complexity index is 1990. The number of carbonyl (C=O) groups excluding carboxylic acids is 2. The van der Waals surface area contributed by atoms with Gasteiger partial charge in [0.2, 0.25) is 0 Å². The molecule has 234 valence electrons. The number of hydrogen-bond acceptors (Lipinski definition) is 6. The third kappa shape index (κ3) is 6.22. The van der Waals surface area contributed by atoms with E-state index in [9.17, 15) is 26.4 Å². The fraction of sp³-hybridized carbons (Fsp3) is 0.111. The molecule has 0 fully saturated rings. The van der Waals surface area contributed by atoms with Crippen LogP contribution in [0.25, 0.3) is 0 Å². The lowest BCUT2D eigenvalue weighted by Crippen LogP contribution is -2.38. The van der Waals surface area contributed by atoms with Gasteiger partial charge in [-0.3, -0.25) is 9.59 Å². The van der Waals surface area contributed by atoms with E-state index in [1.54, 1.807) is 74.5 Å². The molecule has 0 aliphatic heterocycles. The standard InChI is InChI=1S/C36H32N2O6S2/c1-25-15-21-33(27(3)23-25)45(41,42)37(35(39)29-11-7-5-8-12-29)31-17-19-32(20-18-31)38(36(40)30-13-9-6-10-14-30)46(43,44)34-22-16-26(2)24-28(34)4/h5-24H,1-4H3. The second kappa shape index (κ2) is 12.7. The molecular weight excluding hydrogens is 621 g/mol. The third-order valence-corrected chi connectivity index (χ3v) is 11.2. The largest absolute Gasteiger partial charge is 0.272 e. The van der Waals surface area contributed by atoms with Crippen molar-refractivity contribution in [3.8, 4) is 0 Å². The van der Waals surface area contributed by atoms with E-state index in [1.807, 2.05) is 13.8 Å². The Labute approximate surface area is 269 Å². The van der Waals surface area contributed by atoms with E-state index in [2.05, 4.69) is 0 Å². The SMILES string of the molecule is Cc1ccc(S(=O)(=O)N(C(=O)c2ccccc2)c2ccc(N(C(=O)c3ccccc3)S(=O)(=O)c3ccc(C)cc3C)cc2)c(C)c1. The van der Waals surface area contributed by atoms with Crippen molar-refractivity contribution in [2.24, 2.45) is 0 Å². The fourth-order valence-electron chi connectivity index (χ4n) is 5.22. The van der Waals surface area contributed by atoms with Crippen molar-refractivity contribution in [2.75, 3.05) is 8.61 Å². The van der Waals surface area contributed by atoms with Gasteiger partial charge >= 0.3 is 0 Å². The predicted octanol–water partition coefficient (Wildman–Crippen LogP) is 6.99. The number of rotatable bonds is 8. The highest BCUT2D eigenvalue weighted by Crippen LogP contribution is 2.33. The molecule has 0 atom stereocenters. The van der Waals surface area contributed by atoms with Crippen LogP contribution in [0.3, 0.4) is 0 Å². The molecule has 2 amide bonds. The Morgan fingerprint density at radius 3 is 1.09 bits per heavy atom. The maximum Gasteiger partial charge on any atom is 0.272 e. The zero-order valence-corrected chi connectivity index (χ0v) is 27.3. The number of nitrogens with zero attached hydrogens (tertiary/aromatic N) is 2. The molecule has 0 unspecified atom stereocenters. The van der Waals surface area contributed by atoms with Gasteiger partial charge in [-0.1, -0.05) is 71.8 Å². The van der Waals surface area contributed by atoms with Crippen molar-refractivity contribution in [3.63, 3.8) is 0 Å². The molecule has 5 aromatic rings. The van der Waals surface area contributed by atoms with E-state index in [1.165, 1.54) is 60.7 Å². The summed E-state index contributed by atoms with van der Waals surface area (Å²) in [5.74, 6) is -1.60. The van der Waals surface area contributed by atoms with Gasteiger partial charge in [0.25, 0.3) is 31.9 Å². The summed E-state index contributed by atoms with van der Waals surface area (Å²) >= 11 is 0. The molecular formula is C36H32N2O6S2. The average molecular weight is 653 g/mol. The van der Waals surface area contributed by atoms with Crippen molar-refractivity contribution < 1.29 is 26.4 Å². The smallest absolute Gasteiger partial charge is 0.268 e. The van der Waals surface area contributed by atoms with Crippen LogP contribution in [0.15, 0.2) is 131 Å². The molecule has 0 N–H and O–H groups in total. The van der Waals surface area contributed by atoms with Crippen LogP contribution in [0.2, 0.25) is 0 Å². The lowest BCUT2D eigenvalue weighted by atomic mass is 10.2. The first-order valence-electron chi connectivity index (χ1n) is 14.4. The van der Waals surface area contributed by atoms with Crippen LogP contribution in [0.5, 0.6) is 0 Å². The molecule has 5 rings (SSSR count). The number of aryl methyl sites for hydroxylation is 4. The first kappa shape index (κ1) is 32.3. The van der Waals surface area contributed by atoms with E-state index in [0.29, 0.717) is 19.7 Å². The highest BCUT2D eigenvalue weighted by molar-refractivity contribution is 7.94. The van der Waals surface area contributed by atoms with Gasteiger partial charge in [0.1, 0.15) is 0 Å². The molecule has 5 aromatic carbocycles. The van der Waals surface area contributed by atoms with Crippen LogP contribution in [-0.2, 0) is 20.0 Å². The minimum Gasteiger partial charge on any atom is -0.268 e. The summed E-state index contributed by atoms with van der Waals surface area (Å²) in [6.07, 6.45) is 0. The summed E-state index contributed by atoms with van der Waals surface area (Å²) in [6.45, 7) is 6.98. The molecule has 0 aliphatic carbocycles. The molecule has 0 saturated heterocycles. The first-order valence-corrected chi connectivity index (χ1v) is 17.2. The van der Waals surface area contributed by atoms with E-state index < -0.39 is 31.9 Å². The van der Waals surface area contributed by atoms with Crippen LogP contribution < -0.4 is 8.61 Å². The van der Waals surface area contributed by atoms with Gasteiger partial charge in [0, 0.05) is 11.1 Å². The summed E-state index contributed by atoms with van der Waals surface area (Å²) in [5.41, 5.74) is 2.84. The quantitative estimate of drug-likeness (QED) is 0.179. The monoisotopic (exact) mass is 652 g/mol. The lowest BCUT2D eigenvalue weighted by Gasteiger charge is -2.26. The molecule has 0 aliphatic rings. The summed E-state index contributed by atoms with van der Waals surface area (Å²) in [5, 5.41) is 0. The summed E-state index contributed by atoms with van der Waals surface area (Å²) in [4.78, 5) is 27.6. The summed E-state index contributed by atoms with van der Waals surface area (Å²) in [7, 11) is -8.87. The average Bonchev–Trinajstić information content (AvgIpc) is 3.02. The number of hydrogen-bond donors (Lipinski definition) is 0. The topological polar surface area (TPSA) is 109 Å². The molecule has 8 nitrogen and oxygen atoms in total. The van der Waals surface area contributed by atoms with Crippen LogP contribution in [0.4, 0.5) is 11.4 Å². The molecule has 46 heavy (non-hydrogen) atoms. The summed E-state index contributed by atoms with van der Waals surface area (Å²) in [6, 6.07) is 30.9. The van der Waals surface area contributed by atoms with E-state index in [-0.39, 0.29) is 32.3 Å². The first-order chi connectivity index (χ1) is 21.8. The van der Waals surface area contributed by atoms with Gasteiger partial charge in [0.15, 0.2) is 0 Å². The molecule has 0 bridgehead atoms. The number of anilines is 2. The molecule has 0 spiro atoms. The van der Waals surface area contributed by atoms with Crippen molar-refractivity contribution in [3.05, 3.63) is 155 Å². The number of sulfonamides is 2. The molecule has 0 heterocycles. The second-order valence-corrected chi connectivity index (χ2v) is 14.4. The van der Waals surface area contributed by atoms with Crippen molar-refractivity contribution in [1.29, 1.82) is 0 Å². The van der Waals surface area contributed by atoms with Gasteiger partial charge in [-0.15, -0.1) is 0 Å². The Morgan fingerprint density at radius 1 is 0.457 bits per heavy atom. The van der Waals surface area contributed by atoms with Crippen LogP contribution >= 0.6 is 0 Å². The van der Waals surface area contributed by atoms with E-state index in [4.69, 9.17) is 0 Å². The zero-order valence-electron chi connectivity index (χ0n) is 25.7. The molecule has 0 aromatic heterocycles. The highest BCUT2D eigenvalue weighted by Gasteiger charge is 2.35. The fourth-order valence-corrected chi connectivity index (χ4v) is 8.47. The molecule has 0 saturated carbocycles. The van der Waals surface area contributed by atoms with Gasteiger partial charge in [0.05, 0.1) is 21.2 Å². The molecule has 10 heteroatoms. The van der Waals surface area contributed by atoms with Crippen LogP contribution in [-0.4, -0.2) is 28.6 Å². The Kier molecular flexibility index (Phi) is 8.96. The molecule has 0 radical (unpaired) electrons. The van der Waals surface area contributed by atoms with Crippen molar-refractivity contribution >= 4 is 43.2 Å². The number of benzene rings is 5. The maximum atomic E-state index is 14.1. The second-order valence-electron chi connectivity index (χ2n) is 10.9.